The molecule has 8 heteroatoms. The number of halogens is 2. The molecule has 1 amide bonds. The third kappa shape index (κ3) is 3.37. The molecule has 0 saturated heterocycles. The first kappa shape index (κ1) is 16.7. The van der Waals surface area contributed by atoms with Crippen LogP contribution in [0.3, 0.4) is 0 Å². The lowest BCUT2D eigenvalue weighted by Crippen LogP contribution is -2.23. The highest BCUT2D eigenvalue weighted by Crippen LogP contribution is 2.26. The molecule has 24 heavy (non-hydrogen) atoms. The molecule has 0 bridgehead atoms. The minimum absolute atomic E-state index is 0.333. The Morgan fingerprint density at radius 3 is 2.83 bits per heavy atom. The van der Waals surface area contributed by atoms with Gasteiger partial charge in [-0.25, -0.2) is 0 Å². The molecule has 0 fully saturated rings. The van der Waals surface area contributed by atoms with Gasteiger partial charge in [-0.2, -0.15) is 5.26 Å². The average Bonchev–Trinajstić information content (AvgIpc) is 2.80. The molecule has 1 N–H and O–H groups in total. The van der Waals surface area contributed by atoms with Gasteiger partial charge in [-0.3, -0.25) is 4.79 Å². The van der Waals surface area contributed by atoms with Crippen molar-refractivity contribution in [2.45, 2.75) is 38.1 Å². The summed E-state index contributed by atoms with van der Waals surface area (Å²) in [6, 6.07) is 6.79. The number of anilines is 1. The van der Waals surface area contributed by atoms with Crippen LogP contribution in [0.1, 0.15) is 36.8 Å². The van der Waals surface area contributed by atoms with E-state index in [1.54, 1.807) is 18.2 Å². The molecule has 0 spiro atoms. The minimum atomic E-state index is -1.03. The number of carbonyl (C=O) groups is 1. The van der Waals surface area contributed by atoms with E-state index in [1.165, 1.54) is 0 Å². The number of nitrogens with zero attached hydrogens (tertiary/aromatic N) is 4. The predicted octanol–water partition coefficient (Wildman–Crippen LogP) is 3.56. The Hall–Kier alpha value is -2.10. The van der Waals surface area contributed by atoms with Gasteiger partial charge in [0.1, 0.15) is 5.82 Å². The first-order valence-electron chi connectivity index (χ1n) is 7.67. The van der Waals surface area contributed by atoms with Crippen LogP contribution < -0.4 is 5.32 Å². The number of hydrogen-bond acceptors (Lipinski definition) is 4. The number of aryl methyl sites for hydroxylation is 1. The molecule has 2 heterocycles. The number of nitriles is 1. The molecule has 1 aliphatic heterocycles. The van der Waals surface area contributed by atoms with E-state index in [0.717, 1.165) is 38.1 Å². The maximum Gasteiger partial charge on any atom is 0.249 e. The zero-order valence-electron chi connectivity index (χ0n) is 12.8. The second-order valence-corrected chi connectivity index (χ2v) is 6.43. The second-order valence-electron chi connectivity index (χ2n) is 5.62. The van der Waals surface area contributed by atoms with Gasteiger partial charge < -0.3 is 9.88 Å². The zero-order chi connectivity index (χ0) is 17.1. The Bertz CT molecular complexity index is 811. The van der Waals surface area contributed by atoms with Crippen molar-refractivity contribution in [1.82, 2.24) is 14.8 Å². The summed E-state index contributed by atoms with van der Waals surface area (Å²) in [6.45, 7) is 0.732. The highest BCUT2D eigenvalue weighted by atomic mass is 35.5. The number of nitrogens with one attached hydrogen (secondary N) is 1. The Balaban J connectivity index is 1.84. The van der Waals surface area contributed by atoms with E-state index in [9.17, 15) is 10.1 Å². The van der Waals surface area contributed by atoms with E-state index < -0.39 is 11.8 Å². The molecule has 1 aliphatic rings. The topological polar surface area (TPSA) is 83.6 Å². The van der Waals surface area contributed by atoms with Crippen molar-refractivity contribution in [3.8, 4) is 6.07 Å². The summed E-state index contributed by atoms with van der Waals surface area (Å²) in [5, 5.41) is 21.1. The Kier molecular flexibility index (Phi) is 5.03. The number of carbonyl (C=O) groups excluding carboxylic acids is 1. The van der Waals surface area contributed by atoms with Gasteiger partial charge in [0.15, 0.2) is 11.7 Å². The molecule has 0 radical (unpaired) electrons. The summed E-state index contributed by atoms with van der Waals surface area (Å²) in [7, 11) is 0. The van der Waals surface area contributed by atoms with Crippen LogP contribution >= 0.6 is 23.2 Å². The molecule has 0 unspecified atom stereocenters. The van der Waals surface area contributed by atoms with Gasteiger partial charge in [0.25, 0.3) is 0 Å². The normalized spacial score (nSPS) is 15.0. The third-order valence-corrected chi connectivity index (χ3v) is 4.71. The van der Waals surface area contributed by atoms with Crippen molar-refractivity contribution in [3.05, 3.63) is 39.9 Å². The summed E-state index contributed by atoms with van der Waals surface area (Å²) in [6.07, 6.45) is 3.96. The van der Waals surface area contributed by atoms with Crippen molar-refractivity contribution in [2.75, 3.05) is 5.32 Å². The fraction of sp³-hybridized carbons (Fsp3) is 0.375. The van der Waals surface area contributed by atoms with Gasteiger partial charge in [0.2, 0.25) is 5.91 Å². The lowest BCUT2D eigenvalue weighted by molar-refractivity contribution is -0.116. The highest BCUT2D eigenvalue weighted by Gasteiger charge is 2.28. The Morgan fingerprint density at radius 2 is 2.08 bits per heavy atom. The van der Waals surface area contributed by atoms with Crippen LogP contribution in [-0.2, 0) is 17.8 Å². The van der Waals surface area contributed by atoms with Crippen molar-refractivity contribution in [1.29, 1.82) is 5.26 Å². The van der Waals surface area contributed by atoms with Crippen molar-refractivity contribution in [2.24, 2.45) is 0 Å². The third-order valence-electron chi connectivity index (χ3n) is 3.97. The van der Waals surface area contributed by atoms with Gasteiger partial charge in [0.05, 0.1) is 16.1 Å². The smallest absolute Gasteiger partial charge is 0.249 e. The van der Waals surface area contributed by atoms with Crippen molar-refractivity contribution >= 4 is 34.8 Å². The van der Waals surface area contributed by atoms with Crippen LogP contribution in [0.4, 0.5) is 5.69 Å². The van der Waals surface area contributed by atoms with Crippen LogP contribution in [0.25, 0.3) is 0 Å². The van der Waals surface area contributed by atoms with Gasteiger partial charge in [0, 0.05) is 18.7 Å². The summed E-state index contributed by atoms with van der Waals surface area (Å²) < 4.78 is 1.90. The van der Waals surface area contributed by atoms with E-state index in [1.807, 2.05) is 10.6 Å². The molecule has 6 nitrogen and oxygen atoms in total. The van der Waals surface area contributed by atoms with Crippen molar-refractivity contribution in [3.63, 3.8) is 0 Å². The molecule has 2 aromatic rings. The van der Waals surface area contributed by atoms with Gasteiger partial charge in [-0.1, -0.05) is 29.6 Å². The molecular weight excluding hydrogens is 349 g/mol. The van der Waals surface area contributed by atoms with Crippen molar-refractivity contribution < 1.29 is 4.79 Å². The molecule has 124 valence electrons. The molecule has 1 aromatic heterocycles. The average molecular weight is 364 g/mol. The van der Waals surface area contributed by atoms with E-state index in [2.05, 4.69) is 15.5 Å². The maximum absolute atomic E-state index is 12.5. The van der Waals surface area contributed by atoms with E-state index in [4.69, 9.17) is 23.2 Å². The molecule has 0 aliphatic carbocycles. The monoisotopic (exact) mass is 363 g/mol. The SMILES string of the molecule is N#C[C@@H](C(=O)Nc1ccc(Cl)c(Cl)c1)c1nnc2n1CCCCC2. The van der Waals surface area contributed by atoms with Gasteiger partial charge >= 0.3 is 0 Å². The second kappa shape index (κ2) is 7.20. The number of fused-ring (bicyclic) bond motifs is 1. The van der Waals surface area contributed by atoms with E-state index in [-0.39, 0.29) is 0 Å². The van der Waals surface area contributed by atoms with Crippen LogP contribution in [0.5, 0.6) is 0 Å². The number of benzene rings is 1. The largest absolute Gasteiger partial charge is 0.324 e. The fourth-order valence-electron chi connectivity index (χ4n) is 2.74. The summed E-state index contributed by atoms with van der Waals surface area (Å²) >= 11 is 11.8. The van der Waals surface area contributed by atoms with E-state index >= 15 is 0 Å². The number of rotatable bonds is 3. The molecule has 0 saturated carbocycles. The maximum atomic E-state index is 12.5. The van der Waals surface area contributed by atoms with Gasteiger partial charge in [-0.15, -0.1) is 10.2 Å². The first-order chi connectivity index (χ1) is 11.6. The lowest BCUT2D eigenvalue weighted by atomic mass is 10.1. The van der Waals surface area contributed by atoms with E-state index in [0.29, 0.717) is 21.6 Å². The van der Waals surface area contributed by atoms with Crippen LogP contribution in [0, 0.1) is 11.3 Å². The van der Waals surface area contributed by atoms with Gasteiger partial charge in [-0.05, 0) is 31.0 Å². The quantitative estimate of drug-likeness (QED) is 0.903. The zero-order valence-corrected chi connectivity index (χ0v) is 14.3. The summed E-state index contributed by atoms with van der Waals surface area (Å²) in [5.41, 5.74) is 0.477. The Labute approximate surface area is 149 Å². The molecule has 1 aromatic carbocycles. The summed E-state index contributed by atoms with van der Waals surface area (Å²) in [4.78, 5) is 12.5. The van der Waals surface area contributed by atoms with Crippen LogP contribution in [0.15, 0.2) is 18.2 Å². The summed E-state index contributed by atoms with van der Waals surface area (Å²) in [5.74, 6) is -0.258. The standard InChI is InChI=1S/C16H15Cl2N5O/c17-12-6-5-10(8-13(12)18)20-16(24)11(9-19)15-22-21-14-4-2-1-3-7-23(14)15/h5-6,8,11H,1-4,7H2,(H,20,24)/t11-/m1/s1. The number of aromatic nitrogens is 3. The molecule has 3 rings (SSSR count). The fourth-order valence-corrected chi connectivity index (χ4v) is 3.04. The highest BCUT2D eigenvalue weighted by molar-refractivity contribution is 6.42. The lowest BCUT2D eigenvalue weighted by Gasteiger charge is -2.12. The number of amides is 1. The Morgan fingerprint density at radius 1 is 1.25 bits per heavy atom. The predicted molar refractivity (Wildman–Crippen MR) is 91.0 cm³/mol. The van der Waals surface area contributed by atoms with Crippen LogP contribution in [0.2, 0.25) is 10.0 Å². The van der Waals surface area contributed by atoms with Crippen LogP contribution in [-0.4, -0.2) is 20.7 Å². The number of hydrogen-bond donors (Lipinski definition) is 1. The minimum Gasteiger partial charge on any atom is -0.324 e. The molecule has 1 atom stereocenters. The first-order valence-corrected chi connectivity index (χ1v) is 8.43. The molecular formula is C16H15Cl2N5O.